The molecule has 0 radical (unpaired) electrons. The normalized spacial score (nSPS) is 13.1. The van der Waals surface area contributed by atoms with E-state index in [2.05, 4.69) is 136 Å². The van der Waals surface area contributed by atoms with Crippen molar-refractivity contribution in [1.29, 1.82) is 0 Å². The van der Waals surface area contributed by atoms with E-state index < -0.39 is 6.10 Å². The van der Waals surface area contributed by atoms with Gasteiger partial charge in [-0.15, -0.1) is 0 Å². The second kappa shape index (κ2) is 54.4. The highest BCUT2D eigenvalue weighted by molar-refractivity contribution is 5.71. The summed E-state index contributed by atoms with van der Waals surface area (Å²) in [6, 6.07) is 0. The van der Waals surface area contributed by atoms with Crippen molar-refractivity contribution in [3.63, 3.8) is 0 Å². The average molecular weight is 927 g/mol. The van der Waals surface area contributed by atoms with Crippen molar-refractivity contribution in [3.8, 4) is 0 Å². The van der Waals surface area contributed by atoms with Crippen LogP contribution in [0.1, 0.15) is 226 Å². The van der Waals surface area contributed by atoms with E-state index in [0.717, 1.165) is 89.9 Å². The van der Waals surface area contributed by atoms with Crippen molar-refractivity contribution in [1.82, 2.24) is 0 Å². The predicted molar refractivity (Wildman–Crippen MR) is 288 cm³/mol. The van der Waals surface area contributed by atoms with E-state index in [4.69, 9.17) is 14.2 Å². The number of unbranched alkanes of at least 4 members (excludes halogenated alkanes) is 16. The molecule has 0 aliphatic carbocycles. The fourth-order valence-electron chi connectivity index (χ4n) is 6.89. The van der Waals surface area contributed by atoms with E-state index in [1.54, 1.807) is 0 Å². The highest BCUT2D eigenvalue weighted by Crippen LogP contribution is 2.11. The first-order valence-electron chi connectivity index (χ1n) is 27.0. The summed E-state index contributed by atoms with van der Waals surface area (Å²) in [5.41, 5.74) is 0. The minimum atomic E-state index is -0.844. The molecule has 0 fully saturated rings. The van der Waals surface area contributed by atoms with Crippen LogP contribution in [0.3, 0.4) is 0 Å². The summed E-state index contributed by atoms with van der Waals surface area (Å²) in [4.78, 5) is 38.0. The number of esters is 3. The molecule has 1 atom stereocenters. The van der Waals surface area contributed by atoms with Crippen LogP contribution >= 0.6 is 0 Å². The molecule has 0 spiro atoms. The first-order chi connectivity index (χ1) is 33.0. The molecule has 0 heterocycles. The van der Waals surface area contributed by atoms with Crippen LogP contribution in [0.5, 0.6) is 0 Å². The van der Waals surface area contributed by atoms with Gasteiger partial charge in [0.1, 0.15) is 13.2 Å². The average Bonchev–Trinajstić information content (AvgIpc) is 3.33. The molecule has 0 N–H and O–H groups in total. The molecule has 0 aromatic heterocycles. The van der Waals surface area contributed by atoms with Crippen LogP contribution in [-0.2, 0) is 28.6 Å². The van der Waals surface area contributed by atoms with Gasteiger partial charge < -0.3 is 14.2 Å². The standard InChI is InChI=1S/C61H98O6/c1-4-7-10-13-16-19-22-25-27-29-30-32-33-36-39-42-45-48-51-54-60(63)66-57-58(56-65-59(62)53-50-47-44-41-38-35-24-21-18-15-12-9-6-3)67-61(64)55-52-49-46-43-40-37-34-31-28-26-23-20-17-14-11-8-5-2/h7,10,16,19,25-28,30,32,34-39,43-44,46-47,58H,4-6,8-9,11-15,17-18,20-24,29,31,33,40-42,45,48-57H2,1-3H3/b10-7-,19-16-,27-25-,28-26-,32-30-,37-34-,38-35-,39-36-,46-43-,47-44-. The number of hydrogen-bond acceptors (Lipinski definition) is 6. The zero-order valence-electron chi connectivity index (χ0n) is 43.1. The van der Waals surface area contributed by atoms with E-state index >= 15 is 0 Å². The summed E-state index contributed by atoms with van der Waals surface area (Å²) in [7, 11) is 0. The quantitative estimate of drug-likeness (QED) is 0.0262. The van der Waals surface area contributed by atoms with Gasteiger partial charge in [-0.2, -0.15) is 0 Å². The van der Waals surface area contributed by atoms with Crippen molar-refractivity contribution in [3.05, 3.63) is 122 Å². The lowest BCUT2D eigenvalue weighted by molar-refractivity contribution is -0.166. The smallest absolute Gasteiger partial charge is 0.306 e. The van der Waals surface area contributed by atoms with Crippen LogP contribution in [0.4, 0.5) is 0 Å². The summed E-state index contributed by atoms with van der Waals surface area (Å²) in [5, 5.41) is 0. The highest BCUT2D eigenvalue weighted by Gasteiger charge is 2.19. The fourth-order valence-corrected chi connectivity index (χ4v) is 6.89. The second-order valence-corrected chi connectivity index (χ2v) is 17.4. The lowest BCUT2D eigenvalue weighted by atomic mass is 10.1. The summed E-state index contributed by atoms with van der Waals surface area (Å²) in [5.74, 6) is -1.09. The molecule has 0 saturated carbocycles. The van der Waals surface area contributed by atoms with Gasteiger partial charge in [0.25, 0.3) is 0 Å². The molecule has 0 amide bonds. The molecule has 0 aromatic rings. The zero-order valence-corrected chi connectivity index (χ0v) is 43.1. The van der Waals surface area contributed by atoms with Crippen LogP contribution in [0, 0.1) is 0 Å². The van der Waals surface area contributed by atoms with Gasteiger partial charge >= 0.3 is 17.9 Å². The summed E-state index contributed by atoms with van der Waals surface area (Å²) in [6.45, 7) is 6.37. The number of carbonyl (C=O) groups excluding carboxylic acids is 3. The first kappa shape index (κ1) is 62.8. The van der Waals surface area contributed by atoms with Crippen molar-refractivity contribution >= 4 is 17.9 Å². The fraction of sp³-hybridized carbons (Fsp3) is 0.623. The minimum Gasteiger partial charge on any atom is -0.462 e. The Morgan fingerprint density at radius 2 is 0.627 bits per heavy atom. The molecular formula is C61H98O6. The largest absolute Gasteiger partial charge is 0.462 e. The van der Waals surface area contributed by atoms with Gasteiger partial charge in [-0.1, -0.05) is 213 Å². The van der Waals surface area contributed by atoms with Gasteiger partial charge in [-0.3, -0.25) is 14.4 Å². The number of carbonyl (C=O) groups is 3. The minimum absolute atomic E-state index is 0.136. The molecule has 378 valence electrons. The molecule has 6 heteroatoms. The number of hydrogen-bond donors (Lipinski definition) is 0. The second-order valence-electron chi connectivity index (χ2n) is 17.4. The topological polar surface area (TPSA) is 78.9 Å². The maximum Gasteiger partial charge on any atom is 0.306 e. The van der Waals surface area contributed by atoms with E-state index in [9.17, 15) is 14.4 Å². The Labute approximate surface area is 412 Å². The van der Waals surface area contributed by atoms with Crippen LogP contribution in [0.2, 0.25) is 0 Å². The Hall–Kier alpha value is -4.19. The van der Waals surface area contributed by atoms with Gasteiger partial charge in [0.05, 0.1) is 0 Å². The van der Waals surface area contributed by atoms with E-state index in [1.807, 2.05) is 6.08 Å². The Balaban J connectivity index is 4.59. The van der Waals surface area contributed by atoms with Gasteiger partial charge in [-0.25, -0.2) is 0 Å². The van der Waals surface area contributed by atoms with E-state index in [-0.39, 0.29) is 44.0 Å². The summed E-state index contributed by atoms with van der Waals surface area (Å²) in [6.07, 6.45) is 74.9. The molecule has 0 aromatic carbocycles. The third-order valence-electron chi connectivity index (χ3n) is 10.9. The molecule has 0 saturated heterocycles. The maximum atomic E-state index is 12.8. The van der Waals surface area contributed by atoms with Crippen molar-refractivity contribution in [2.24, 2.45) is 0 Å². The summed E-state index contributed by atoms with van der Waals surface area (Å²) >= 11 is 0. The van der Waals surface area contributed by atoms with Gasteiger partial charge in [0.2, 0.25) is 0 Å². The molecule has 0 rings (SSSR count). The Morgan fingerprint density at radius 1 is 0.313 bits per heavy atom. The van der Waals surface area contributed by atoms with Crippen molar-refractivity contribution in [2.75, 3.05) is 13.2 Å². The molecule has 0 bridgehead atoms. The maximum absolute atomic E-state index is 12.8. The van der Waals surface area contributed by atoms with Gasteiger partial charge in [0.15, 0.2) is 6.10 Å². The number of allylic oxidation sites excluding steroid dienone is 20. The van der Waals surface area contributed by atoms with E-state index in [1.165, 1.54) is 83.5 Å². The van der Waals surface area contributed by atoms with Crippen molar-refractivity contribution in [2.45, 2.75) is 232 Å². The Morgan fingerprint density at radius 3 is 1.04 bits per heavy atom. The molecule has 1 unspecified atom stereocenters. The number of rotatable bonds is 47. The van der Waals surface area contributed by atoms with Gasteiger partial charge in [0, 0.05) is 19.3 Å². The van der Waals surface area contributed by atoms with Crippen molar-refractivity contribution < 1.29 is 28.6 Å². The monoisotopic (exact) mass is 927 g/mol. The van der Waals surface area contributed by atoms with Crippen LogP contribution < -0.4 is 0 Å². The predicted octanol–water partition coefficient (Wildman–Crippen LogP) is 18.1. The van der Waals surface area contributed by atoms with E-state index in [0.29, 0.717) is 19.3 Å². The van der Waals surface area contributed by atoms with Crippen LogP contribution in [-0.4, -0.2) is 37.2 Å². The molecule has 0 aliphatic rings. The third kappa shape index (κ3) is 52.6. The Bertz CT molecular complexity index is 1440. The molecule has 67 heavy (non-hydrogen) atoms. The van der Waals surface area contributed by atoms with Crippen LogP contribution in [0.25, 0.3) is 0 Å². The highest BCUT2D eigenvalue weighted by atomic mass is 16.6. The Kier molecular flexibility index (Phi) is 51.0. The molecule has 0 aliphatic heterocycles. The molecular weight excluding hydrogens is 829 g/mol. The first-order valence-corrected chi connectivity index (χ1v) is 27.0. The van der Waals surface area contributed by atoms with Gasteiger partial charge in [-0.05, 0) is 116 Å². The lowest BCUT2D eigenvalue weighted by Crippen LogP contribution is -2.30. The zero-order chi connectivity index (χ0) is 48.6. The summed E-state index contributed by atoms with van der Waals surface area (Å²) < 4.78 is 16.7. The lowest BCUT2D eigenvalue weighted by Gasteiger charge is -2.18. The number of ether oxygens (including phenoxy) is 3. The molecule has 6 nitrogen and oxygen atoms in total. The third-order valence-corrected chi connectivity index (χ3v) is 10.9. The van der Waals surface area contributed by atoms with Crippen LogP contribution in [0.15, 0.2) is 122 Å². The SMILES string of the molecule is CC/C=C\C/C=C\C/C=C\C/C=C\C/C=C\CCCCCC(=O)OCC(COC(=O)CC/C=C\C/C=C\CCCCCCCC)OC(=O)CCC/C=C\C/C=C\C/C=C\CCCCCCCC.